The molecule has 9 heteroatoms. The molecule has 0 spiro atoms. The molecule has 0 aliphatic rings. The lowest BCUT2D eigenvalue weighted by Gasteiger charge is -2.30. The van der Waals surface area contributed by atoms with Gasteiger partial charge in [-0.1, -0.05) is 164 Å². The van der Waals surface area contributed by atoms with Gasteiger partial charge in [0.2, 0.25) is 5.91 Å². The maximum absolute atomic E-state index is 12.8. The van der Waals surface area contributed by atoms with Crippen molar-refractivity contribution in [1.29, 1.82) is 0 Å². The highest BCUT2D eigenvalue weighted by atomic mass is 31.2. The molecule has 0 radical (unpaired) electrons. The molecule has 0 aliphatic heterocycles. The number of carbonyl (C=O) groups excluding carboxylic acids is 1. The van der Waals surface area contributed by atoms with Gasteiger partial charge in [-0.25, -0.2) is 0 Å². The molecule has 0 aromatic heterocycles. The smallest absolute Gasteiger partial charge is 0.268 e. The van der Waals surface area contributed by atoms with Gasteiger partial charge in [-0.3, -0.25) is 9.36 Å². The third-order valence-corrected chi connectivity index (χ3v) is 10.2. The van der Waals surface area contributed by atoms with Gasteiger partial charge in [0.1, 0.15) is 13.2 Å². The Morgan fingerprint density at radius 3 is 1.62 bits per heavy atom. The van der Waals surface area contributed by atoms with Crippen LogP contribution in [-0.2, 0) is 18.4 Å². The molecule has 0 aromatic rings. The zero-order valence-electron chi connectivity index (χ0n) is 35.9. The Morgan fingerprint density at radius 1 is 0.655 bits per heavy atom. The van der Waals surface area contributed by atoms with Crippen LogP contribution < -0.4 is 10.2 Å². The summed E-state index contributed by atoms with van der Waals surface area (Å²) in [4.78, 5) is 25.3. The summed E-state index contributed by atoms with van der Waals surface area (Å²) in [7, 11) is 1.27. The van der Waals surface area contributed by atoms with Gasteiger partial charge in [0.05, 0.1) is 39.9 Å². The number of phosphoric acid groups is 1. The third-order valence-electron chi connectivity index (χ3n) is 9.21. The summed E-state index contributed by atoms with van der Waals surface area (Å²) in [5.41, 5.74) is 0. The van der Waals surface area contributed by atoms with Crippen LogP contribution in [0.25, 0.3) is 0 Å². The predicted molar refractivity (Wildman–Crippen MR) is 233 cm³/mol. The van der Waals surface area contributed by atoms with Gasteiger partial charge in [-0.05, 0) is 64.2 Å². The number of carbonyl (C=O) groups is 1. The van der Waals surface area contributed by atoms with Crippen molar-refractivity contribution >= 4 is 13.7 Å². The lowest BCUT2D eigenvalue weighted by molar-refractivity contribution is -0.870. The second-order valence-corrected chi connectivity index (χ2v) is 17.1. The molecule has 1 amide bonds. The third kappa shape index (κ3) is 40.0. The van der Waals surface area contributed by atoms with Crippen LogP contribution in [0.3, 0.4) is 0 Å². The first-order valence-corrected chi connectivity index (χ1v) is 23.2. The normalized spacial score (nSPS) is 15.1. The average molecular weight is 791 g/mol. The molecule has 318 valence electrons. The van der Waals surface area contributed by atoms with Crippen molar-refractivity contribution in [3.8, 4) is 0 Å². The summed E-state index contributed by atoms with van der Waals surface area (Å²) in [6.07, 6.45) is 49.1. The van der Waals surface area contributed by atoms with Crippen LogP contribution in [-0.4, -0.2) is 68.5 Å². The van der Waals surface area contributed by atoms with E-state index in [-0.39, 0.29) is 19.1 Å². The molecule has 3 atom stereocenters. The summed E-state index contributed by atoms with van der Waals surface area (Å²) in [5, 5.41) is 13.8. The van der Waals surface area contributed by atoms with E-state index in [0.717, 1.165) is 89.9 Å². The molecule has 0 aliphatic carbocycles. The Morgan fingerprint density at radius 2 is 1.11 bits per heavy atom. The van der Waals surface area contributed by atoms with E-state index in [1.54, 1.807) is 0 Å². The number of hydrogen-bond acceptors (Lipinski definition) is 6. The first kappa shape index (κ1) is 52.9. The van der Waals surface area contributed by atoms with Crippen molar-refractivity contribution in [1.82, 2.24) is 5.32 Å². The second-order valence-electron chi connectivity index (χ2n) is 15.7. The molecule has 3 unspecified atom stereocenters. The first-order valence-electron chi connectivity index (χ1n) is 21.8. The van der Waals surface area contributed by atoms with Crippen molar-refractivity contribution in [3.05, 3.63) is 72.9 Å². The number of phosphoric ester groups is 1. The van der Waals surface area contributed by atoms with Gasteiger partial charge in [-0.2, -0.15) is 0 Å². The van der Waals surface area contributed by atoms with Crippen LogP contribution >= 0.6 is 7.82 Å². The number of aliphatic hydroxyl groups is 1. The number of amides is 1. The van der Waals surface area contributed by atoms with Crippen molar-refractivity contribution < 1.29 is 32.9 Å². The summed E-state index contributed by atoms with van der Waals surface area (Å²) in [5.74, 6) is -0.195. The van der Waals surface area contributed by atoms with Gasteiger partial charge < -0.3 is 28.8 Å². The first-order chi connectivity index (χ1) is 26.5. The molecule has 0 heterocycles. The van der Waals surface area contributed by atoms with Gasteiger partial charge >= 0.3 is 0 Å². The van der Waals surface area contributed by atoms with Crippen LogP contribution in [0.4, 0.5) is 0 Å². The number of aliphatic hydroxyl groups excluding tert-OH is 1. The molecule has 55 heavy (non-hydrogen) atoms. The highest BCUT2D eigenvalue weighted by molar-refractivity contribution is 7.45. The predicted octanol–water partition coefficient (Wildman–Crippen LogP) is 11.4. The quantitative estimate of drug-likeness (QED) is 0.0279. The largest absolute Gasteiger partial charge is 0.756 e. The number of nitrogens with zero attached hydrogens (tertiary/aromatic N) is 1. The summed E-state index contributed by atoms with van der Waals surface area (Å²) in [6.45, 7) is 4.54. The van der Waals surface area contributed by atoms with Crippen LogP contribution in [0.5, 0.6) is 0 Å². The molecular formula is C46H83N2O6P. The van der Waals surface area contributed by atoms with E-state index in [0.29, 0.717) is 23.9 Å². The molecule has 2 N–H and O–H groups in total. The fraction of sp³-hybridized carbons (Fsp3) is 0.717. The SMILES string of the molecule is CC/C=C\C/C=C\C/C=C\C/C=C\C/C=C\C/C=C\CCCCCCC(=O)NC(COP(=O)([O-])OCC[N+](C)(C)C)C(O)CCCCCCCCCCCC. The second kappa shape index (κ2) is 37.5. The number of unbranched alkanes of at least 4 members (excludes halogenated alkanes) is 13. The molecule has 0 aromatic carbocycles. The van der Waals surface area contributed by atoms with E-state index in [4.69, 9.17) is 9.05 Å². The lowest BCUT2D eigenvalue weighted by atomic mass is 10.0. The maximum atomic E-state index is 12.8. The standard InChI is InChI=1S/C46H83N2O6P/c1-6-8-10-12-14-16-18-19-20-21-22-23-24-25-26-27-28-29-30-32-34-36-38-40-46(50)47-44(43-54-55(51,52)53-42-41-48(3,4)5)45(49)39-37-35-33-31-17-15-13-11-9-7-2/h8,10,14,16,19-20,22-23,25-26,28-29,44-45,49H,6-7,9,11-13,15,17-18,21,24,27,30-43H2,1-5H3,(H-,47,50,51,52)/b10-8-,16-14-,20-19-,23-22-,26-25-,29-28-. The highest BCUT2D eigenvalue weighted by Gasteiger charge is 2.24. The minimum atomic E-state index is -4.57. The van der Waals surface area contributed by atoms with Crippen molar-refractivity contribution in [2.24, 2.45) is 0 Å². The van der Waals surface area contributed by atoms with E-state index < -0.39 is 20.0 Å². The van der Waals surface area contributed by atoms with E-state index in [1.165, 1.54) is 44.9 Å². The Bertz CT molecular complexity index is 1120. The Labute approximate surface area is 338 Å². The number of rotatable bonds is 38. The molecular weight excluding hydrogens is 707 g/mol. The highest BCUT2D eigenvalue weighted by Crippen LogP contribution is 2.38. The number of nitrogens with one attached hydrogen (secondary N) is 1. The van der Waals surface area contributed by atoms with Crippen LogP contribution in [0.1, 0.15) is 162 Å². The molecule has 0 bridgehead atoms. The van der Waals surface area contributed by atoms with E-state index in [2.05, 4.69) is 92.1 Å². The number of hydrogen-bond donors (Lipinski definition) is 2. The lowest BCUT2D eigenvalue weighted by Crippen LogP contribution is -2.46. The van der Waals surface area contributed by atoms with Crippen molar-refractivity contribution in [2.75, 3.05) is 40.9 Å². The topological polar surface area (TPSA) is 108 Å². The summed E-state index contributed by atoms with van der Waals surface area (Å²) >= 11 is 0. The van der Waals surface area contributed by atoms with Crippen molar-refractivity contribution in [2.45, 2.75) is 174 Å². The fourth-order valence-corrected chi connectivity index (χ4v) is 6.47. The zero-order valence-corrected chi connectivity index (χ0v) is 36.7. The summed E-state index contributed by atoms with van der Waals surface area (Å²) in [6, 6.07) is -0.816. The van der Waals surface area contributed by atoms with Gasteiger partial charge in [0, 0.05) is 6.42 Å². The number of likely N-dealkylation sites (N-methyl/N-ethyl adjacent to an activating group) is 1. The minimum Gasteiger partial charge on any atom is -0.756 e. The fourth-order valence-electron chi connectivity index (χ4n) is 5.75. The molecule has 0 saturated carbocycles. The average Bonchev–Trinajstić information content (AvgIpc) is 3.13. The molecule has 0 fully saturated rings. The van der Waals surface area contributed by atoms with Gasteiger partial charge in [0.15, 0.2) is 0 Å². The maximum Gasteiger partial charge on any atom is 0.268 e. The Kier molecular flexibility index (Phi) is 36.1. The van der Waals surface area contributed by atoms with Gasteiger partial charge in [-0.15, -0.1) is 0 Å². The molecule has 0 rings (SSSR count). The summed E-state index contributed by atoms with van der Waals surface area (Å²) < 4.78 is 23.2. The number of allylic oxidation sites excluding steroid dienone is 12. The molecule has 0 saturated heterocycles. The van der Waals surface area contributed by atoms with E-state index >= 15 is 0 Å². The minimum absolute atomic E-state index is 0.00253. The van der Waals surface area contributed by atoms with Crippen molar-refractivity contribution in [3.63, 3.8) is 0 Å². The van der Waals surface area contributed by atoms with E-state index in [9.17, 15) is 19.4 Å². The monoisotopic (exact) mass is 791 g/mol. The molecule has 8 nitrogen and oxygen atoms in total. The van der Waals surface area contributed by atoms with E-state index in [1.807, 2.05) is 21.1 Å². The number of quaternary nitrogens is 1. The van der Waals surface area contributed by atoms with Crippen LogP contribution in [0.2, 0.25) is 0 Å². The van der Waals surface area contributed by atoms with Gasteiger partial charge in [0.25, 0.3) is 7.82 Å². The van der Waals surface area contributed by atoms with Crippen LogP contribution in [0, 0.1) is 0 Å². The Hall–Kier alpha value is -2.06. The van der Waals surface area contributed by atoms with Crippen LogP contribution in [0.15, 0.2) is 72.9 Å². The Balaban J connectivity index is 4.37. The zero-order chi connectivity index (χ0) is 40.7.